The van der Waals surface area contributed by atoms with E-state index in [1.54, 1.807) is 0 Å². The molecule has 0 aliphatic carbocycles. The van der Waals surface area contributed by atoms with Gasteiger partial charge in [-0.25, -0.2) is 28.8 Å². The number of rotatable bonds is 24. The van der Waals surface area contributed by atoms with Crippen LogP contribution in [0.4, 0.5) is 0 Å². The molecule has 0 bridgehead atoms. The Hall–Kier alpha value is -4.74. The summed E-state index contributed by atoms with van der Waals surface area (Å²) in [5.74, 6) is -8.17. The quantitative estimate of drug-likeness (QED) is 0.0418. The van der Waals surface area contributed by atoms with Crippen LogP contribution in [-0.2, 0) is 28.6 Å². The Morgan fingerprint density at radius 1 is 0.500 bits per heavy atom. The monoisotopic (exact) mass is 672 g/mol. The van der Waals surface area contributed by atoms with Crippen LogP contribution in [-0.4, -0.2) is 51.1 Å². The van der Waals surface area contributed by atoms with Crippen molar-refractivity contribution in [3.05, 3.63) is 71.3 Å². The van der Waals surface area contributed by atoms with Gasteiger partial charge in [0.2, 0.25) is 0 Å². The molecule has 0 aromatic heterocycles. The molecular weight excluding hydrogens is 624 g/mol. The molecule has 12 nitrogen and oxygen atoms in total. The average molecular weight is 673 g/mol. The average Bonchev–Trinajstić information content (AvgIpc) is 3.05. The zero-order chi connectivity index (χ0) is 36.4. The predicted octanol–water partition coefficient (Wildman–Crippen LogP) is 7.83. The topological polar surface area (TPSA) is 191 Å². The largest absolute Gasteiger partial charge is 0.478 e. The number of carbonyl (C=O) groups is 6. The molecule has 0 heterocycles. The summed E-state index contributed by atoms with van der Waals surface area (Å²) in [5.41, 5.74) is -3.93. The molecule has 0 aliphatic heterocycles. The van der Waals surface area contributed by atoms with Crippen molar-refractivity contribution in [2.24, 2.45) is 0 Å². The second-order valence-electron chi connectivity index (χ2n) is 11.2. The zero-order valence-electron chi connectivity index (χ0n) is 28.1. The molecule has 0 spiro atoms. The minimum atomic E-state index is -1.74. The molecule has 1 aromatic carbocycles. The first-order chi connectivity index (χ1) is 22.8. The van der Waals surface area contributed by atoms with Crippen LogP contribution in [0.1, 0.15) is 164 Å². The highest BCUT2D eigenvalue weighted by Crippen LogP contribution is 2.45. The maximum atomic E-state index is 13.3. The Bertz CT molecular complexity index is 1180. The van der Waals surface area contributed by atoms with Crippen molar-refractivity contribution < 1.29 is 58.3 Å². The van der Waals surface area contributed by atoms with Crippen LogP contribution >= 0.6 is 0 Å². The van der Waals surface area contributed by atoms with E-state index in [0.717, 1.165) is 18.2 Å². The number of carboxylic acid groups (broad SMARTS) is 3. The number of aromatic carboxylic acids is 3. The van der Waals surface area contributed by atoms with Crippen molar-refractivity contribution in [2.45, 2.75) is 116 Å². The van der Waals surface area contributed by atoms with Gasteiger partial charge < -0.3 is 29.5 Å². The third-order valence-corrected chi connectivity index (χ3v) is 7.71. The Kier molecular flexibility index (Phi) is 18.2. The fourth-order valence-electron chi connectivity index (χ4n) is 5.56. The van der Waals surface area contributed by atoms with E-state index in [4.69, 9.17) is 14.2 Å². The molecule has 3 unspecified atom stereocenters. The summed E-state index contributed by atoms with van der Waals surface area (Å²) in [7, 11) is 0. The fraction of sp³-hybridized carbons (Fsp3) is 0.500. The Morgan fingerprint density at radius 3 is 0.896 bits per heavy atom. The summed E-state index contributed by atoms with van der Waals surface area (Å²) in [6, 6.07) is 0. The first kappa shape index (κ1) is 41.3. The molecule has 0 amide bonds. The number of esters is 3. The van der Waals surface area contributed by atoms with Crippen molar-refractivity contribution in [2.75, 3.05) is 0 Å². The van der Waals surface area contributed by atoms with Crippen LogP contribution in [0.3, 0.4) is 0 Å². The van der Waals surface area contributed by atoms with Gasteiger partial charge in [-0.05, 0) is 38.5 Å². The molecule has 1 rings (SSSR count). The summed E-state index contributed by atoms with van der Waals surface area (Å²) in [4.78, 5) is 77.7. The lowest BCUT2D eigenvalue weighted by Crippen LogP contribution is -2.29. The highest BCUT2D eigenvalue weighted by Gasteiger charge is 2.42. The lowest BCUT2D eigenvalue weighted by Gasteiger charge is -2.31. The molecule has 1 aromatic rings. The van der Waals surface area contributed by atoms with Gasteiger partial charge in [0.15, 0.2) is 0 Å². The van der Waals surface area contributed by atoms with E-state index in [2.05, 4.69) is 19.7 Å². The summed E-state index contributed by atoms with van der Waals surface area (Å²) in [6.07, 6.45) is 2.87. The predicted molar refractivity (Wildman–Crippen MR) is 177 cm³/mol. The van der Waals surface area contributed by atoms with Crippen LogP contribution in [0.25, 0.3) is 0 Å². The molecule has 0 saturated heterocycles. The molecule has 3 atom stereocenters. The molecule has 0 aliphatic rings. The number of carboxylic acids is 3. The maximum absolute atomic E-state index is 13.3. The second-order valence-corrected chi connectivity index (χ2v) is 11.2. The highest BCUT2D eigenvalue weighted by atomic mass is 16.6. The first-order valence-electron chi connectivity index (χ1n) is 16.3. The van der Waals surface area contributed by atoms with Gasteiger partial charge in [-0.2, -0.15) is 0 Å². The SMILES string of the molecule is C=CC(=O)OC(CCCCC)c1c(C(=O)O)c(C(CCCCC)OC(=O)C=C)c(C(=O)O)c(C(CCCCC)OC(=O)C=C)c1C(=O)O. The van der Waals surface area contributed by atoms with Crippen molar-refractivity contribution in [3.63, 3.8) is 0 Å². The smallest absolute Gasteiger partial charge is 0.336 e. The molecule has 48 heavy (non-hydrogen) atoms. The van der Waals surface area contributed by atoms with Crippen molar-refractivity contribution >= 4 is 35.8 Å². The van der Waals surface area contributed by atoms with Gasteiger partial charge in [-0.15, -0.1) is 0 Å². The number of benzene rings is 1. The van der Waals surface area contributed by atoms with Crippen LogP contribution in [0.5, 0.6) is 0 Å². The molecular formula is C36H48O12. The minimum absolute atomic E-state index is 0.0425. The standard InChI is InChI=1S/C36H48O12/c1-7-13-16-19-22(46-25(37)10-4)28-31(34(40)41)29(23(20-17-14-8-2)47-26(38)11-5)33(36(44)45)30(32(28)35(42)43)24(21-18-15-9-3)48-27(39)12-6/h10-12,22-24H,4-9,13-21H2,1-3H3,(H,40,41)(H,42,43)(H,44,45). The molecule has 0 saturated carbocycles. The zero-order valence-corrected chi connectivity index (χ0v) is 28.1. The van der Waals surface area contributed by atoms with Crippen LogP contribution in [0, 0.1) is 0 Å². The summed E-state index contributed by atoms with van der Waals surface area (Å²) >= 11 is 0. The van der Waals surface area contributed by atoms with Gasteiger partial charge in [0.25, 0.3) is 0 Å². The summed E-state index contributed by atoms with van der Waals surface area (Å²) in [6.45, 7) is 15.9. The maximum Gasteiger partial charge on any atom is 0.336 e. The van der Waals surface area contributed by atoms with E-state index >= 15 is 0 Å². The minimum Gasteiger partial charge on any atom is -0.478 e. The van der Waals surface area contributed by atoms with E-state index in [-0.39, 0.29) is 19.3 Å². The number of hydrogen-bond acceptors (Lipinski definition) is 9. The summed E-state index contributed by atoms with van der Waals surface area (Å²) in [5, 5.41) is 32.3. The van der Waals surface area contributed by atoms with Crippen LogP contribution in [0.2, 0.25) is 0 Å². The summed E-state index contributed by atoms with van der Waals surface area (Å²) < 4.78 is 16.8. The second kappa shape index (κ2) is 21.2. The lowest BCUT2D eigenvalue weighted by atomic mass is 9.78. The van der Waals surface area contributed by atoms with E-state index in [1.807, 2.05) is 20.8 Å². The number of ether oxygens (including phenoxy) is 3. The van der Waals surface area contributed by atoms with Gasteiger partial charge in [0, 0.05) is 34.9 Å². The number of unbranched alkanes of at least 4 members (excludes halogenated alkanes) is 6. The molecule has 0 radical (unpaired) electrons. The van der Waals surface area contributed by atoms with Gasteiger partial charge in [-0.3, -0.25) is 0 Å². The van der Waals surface area contributed by atoms with Crippen molar-refractivity contribution in [1.29, 1.82) is 0 Å². The van der Waals surface area contributed by atoms with E-state index < -0.39 is 87.5 Å². The Balaban J connectivity index is 4.76. The van der Waals surface area contributed by atoms with Crippen molar-refractivity contribution in [1.82, 2.24) is 0 Å². The number of hydrogen-bond donors (Lipinski definition) is 3. The Labute approximate surface area is 281 Å². The molecule has 3 N–H and O–H groups in total. The molecule has 12 heteroatoms. The van der Waals surface area contributed by atoms with E-state index in [1.165, 1.54) is 0 Å². The van der Waals surface area contributed by atoms with E-state index in [0.29, 0.717) is 57.8 Å². The highest BCUT2D eigenvalue weighted by molar-refractivity contribution is 6.06. The fourth-order valence-corrected chi connectivity index (χ4v) is 5.56. The van der Waals surface area contributed by atoms with Gasteiger partial charge >= 0.3 is 35.8 Å². The lowest BCUT2D eigenvalue weighted by molar-refractivity contribution is -0.144. The van der Waals surface area contributed by atoms with E-state index in [9.17, 15) is 44.1 Å². The van der Waals surface area contributed by atoms with Crippen molar-refractivity contribution in [3.8, 4) is 0 Å². The molecule has 0 fully saturated rings. The van der Waals surface area contributed by atoms with Crippen LogP contribution in [0.15, 0.2) is 38.0 Å². The number of carbonyl (C=O) groups excluding carboxylic acids is 3. The third-order valence-electron chi connectivity index (χ3n) is 7.71. The normalized spacial score (nSPS) is 12.6. The Morgan fingerprint density at radius 2 is 0.729 bits per heavy atom. The van der Waals surface area contributed by atoms with Gasteiger partial charge in [-0.1, -0.05) is 79.0 Å². The molecule has 264 valence electrons. The van der Waals surface area contributed by atoms with Crippen LogP contribution < -0.4 is 0 Å². The van der Waals surface area contributed by atoms with Gasteiger partial charge in [0.05, 0.1) is 16.7 Å². The third kappa shape index (κ3) is 11.5. The van der Waals surface area contributed by atoms with Gasteiger partial charge in [0.1, 0.15) is 18.3 Å². The first-order valence-corrected chi connectivity index (χ1v) is 16.3.